The van der Waals surface area contributed by atoms with Crippen molar-refractivity contribution in [2.75, 3.05) is 26.2 Å². The molecule has 148 valence electrons. The van der Waals surface area contributed by atoms with Crippen LogP contribution in [0.5, 0.6) is 0 Å². The number of rotatable bonds is 4. The first-order valence-electron chi connectivity index (χ1n) is 9.41. The van der Waals surface area contributed by atoms with E-state index in [0.717, 1.165) is 50.1 Å². The summed E-state index contributed by atoms with van der Waals surface area (Å²) in [5.41, 5.74) is 0.462. The number of hydrogen-bond donors (Lipinski definition) is 2. The normalized spacial score (nSPS) is 21.2. The highest BCUT2D eigenvalue weighted by Crippen LogP contribution is 2.25. The van der Waals surface area contributed by atoms with Crippen molar-refractivity contribution >= 4 is 29.2 Å². The van der Waals surface area contributed by atoms with Crippen LogP contribution in [0.3, 0.4) is 0 Å². The molecule has 2 atom stereocenters. The van der Waals surface area contributed by atoms with Crippen LogP contribution in [0.15, 0.2) is 0 Å². The Kier molecular flexibility index (Phi) is 5.98. The van der Waals surface area contributed by atoms with Gasteiger partial charge in [0, 0.05) is 26.2 Å². The van der Waals surface area contributed by atoms with Gasteiger partial charge < -0.3 is 20.2 Å². The molecule has 3 heterocycles. The molecule has 0 radical (unpaired) electrons. The van der Waals surface area contributed by atoms with Crippen molar-refractivity contribution in [3.8, 4) is 0 Å². The second kappa shape index (κ2) is 8.24. The second-order valence-electron chi connectivity index (χ2n) is 7.26. The van der Waals surface area contributed by atoms with Crippen LogP contribution in [-0.4, -0.2) is 64.0 Å². The van der Waals surface area contributed by atoms with E-state index in [4.69, 9.17) is 5.11 Å². The van der Waals surface area contributed by atoms with Gasteiger partial charge in [0.05, 0.1) is 17.7 Å². The highest BCUT2D eigenvalue weighted by molar-refractivity contribution is 7.13. The van der Waals surface area contributed by atoms with E-state index in [1.807, 2.05) is 4.90 Å². The molecule has 27 heavy (non-hydrogen) atoms. The standard InChI is InChI=1S/C18H26N4O4S/c1-11-14(17(24)25)27-16(20-11)12(2)19-15(23)13-6-5-9-22(10-13)18(26)21-7-3-4-8-21/h12-13H,3-10H2,1-2H3,(H,19,23)(H,24,25). The molecule has 9 heteroatoms. The molecular weight excluding hydrogens is 368 g/mol. The maximum absolute atomic E-state index is 12.7. The highest BCUT2D eigenvalue weighted by Gasteiger charge is 2.32. The molecule has 0 spiro atoms. The molecule has 0 bridgehead atoms. The van der Waals surface area contributed by atoms with E-state index in [1.165, 1.54) is 0 Å². The fraction of sp³-hybridized carbons (Fsp3) is 0.667. The number of carbonyl (C=O) groups excluding carboxylic acids is 2. The molecular formula is C18H26N4O4S. The third-order valence-corrected chi connectivity index (χ3v) is 6.50. The van der Waals surface area contributed by atoms with Crippen molar-refractivity contribution in [2.24, 2.45) is 5.92 Å². The summed E-state index contributed by atoms with van der Waals surface area (Å²) in [6, 6.07) is -0.321. The number of urea groups is 1. The molecule has 2 fully saturated rings. The van der Waals surface area contributed by atoms with E-state index in [2.05, 4.69) is 10.3 Å². The number of carboxylic acid groups (broad SMARTS) is 1. The van der Waals surface area contributed by atoms with Gasteiger partial charge in [-0.15, -0.1) is 11.3 Å². The molecule has 3 amide bonds. The number of amides is 3. The maximum atomic E-state index is 12.7. The Morgan fingerprint density at radius 1 is 1.19 bits per heavy atom. The largest absolute Gasteiger partial charge is 0.477 e. The van der Waals surface area contributed by atoms with Crippen LogP contribution in [0.4, 0.5) is 4.79 Å². The molecule has 0 aliphatic carbocycles. The van der Waals surface area contributed by atoms with E-state index in [1.54, 1.807) is 18.7 Å². The highest BCUT2D eigenvalue weighted by atomic mass is 32.1. The topological polar surface area (TPSA) is 103 Å². The lowest BCUT2D eigenvalue weighted by molar-refractivity contribution is -0.127. The summed E-state index contributed by atoms with van der Waals surface area (Å²) in [6.07, 6.45) is 3.66. The summed E-state index contributed by atoms with van der Waals surface area (Å²) in [4.78, 5) is 44.6. The van der Waals surface area contributed by atoms with Crippen molar-refractivity contribution in [1.29, 1.82) is 0 Å². The first-order valence-corrected chi connectivity index (χ1v) is 10.2. The van der Waals surface area contributed by atoms with E-state index >= 15 is 0 Å². The van der Waals surface area contributed by atoms with Gasteiger partial charge in [0.2, 0.25) is 5.91 Å². The fourth-order valence-electron chi connectivity index (χ4n) is 3.67. The van der Waals surface area contributed by atoms with Gasteiger partial charge >= 0.3 is 12.0 Å². The van der Waals surface area contributed by atoms with Crippen LogP contribution >= 0.6 is 11.3 Å². The van der Waals surface area contributed by atoms with Gasteiger partial charge in [-0.3, -0.25) is 4.79 Å². The Hall–Kier alpha value is -2.16. The van der Waals surface area contributed by atoms with Crippen LogP contribution in [0.2, 0.25) is 0 Å². The third-order valence-electron chi connectivity index (χ3n) is 5.18. The molecule has 8 nitrogen and oxygen atoms in total. The van der Waals surface area contributed by atoms with Crippen LogP contribution < -0.4 is 5.32 Å². The molecule has 0 aromatic carbocycles. The van der Waals surface area contributed by atoms with Gasteiger partial charge in [-0.05, 0) is 39.5 Å². The van der Waals surface area contributed by atoms with Crippen LogP contribution in [-0.2, 0) is 4.79 Å². The molecule has 2 aliphatic heterocycles. The van der Waals surface area contributed by atoms with Crippen molar-refractivity contribution in [1.82, 2.24) is 20.1 Å². The number of carbonyl (C=O) groups is 3. The SMILES string of the molecule is Cc1nc(C(C)NC(=O)C2CCCN(C(=O)N3CCCC3)C2)sc1C(=O)O. The van der Waals surface area contributed by atoms with Crippen molar-refractivity contribution in [3.05, 3.63) is 15.6 Å². The summed E-state index contributed by atoms with van der Waals surface area (Å²) >= 11 is 1.09. The number of piperidine rings is 1. The van der Waals surface area contributed by atoms with E-state index in [-0.39, 0.29) is 28.8 Å². The number of aromatic carboxylic acids is 1. The van der Waals surface area contributed by atoms with E-state index in [0.29, 0.717) is 23.8 Å². The lowest BCUT2D eigenvalue weighted by Crippen LogP contribution is -2.49. The number of aromatic nitrogens is 1. The summed E-state index contributed by atoms with van der Waals surface area (Å²) in [5.74, 6) is -1.35. The maximum Gasteiger partial charge on any atom is 0.347 e. The van der Waals surface area contributed by atoms with Gasteiger partial charge in [-0.1, -0.05) is 0 Å². The Balaban J connectivity index is 1.59. The van der Waals surface area contributed by atoms with Crippen molar-refractivity contribution < 1.29 is 19.5 Å². The average molecular weight is 394 g/mol. The van der Waals surface area contributed by atoms with Gasteiger partial charge in [0.25, 0.3) is 0 Å². The van der Waals surface area contributed by atoms with Crippen LogP contribution in [0, 0.1) is 12.8 Å². The quantitative estimate of drug-likeness (QED) is 0.815. The minimum atomic E-state index is -1.00. The number of likely N-dealkylation sites (tertiary alicyclic amines) is 2. The number of thiazole rings is 1. The minimum absolute atomic E-state index is 0.0414. The number of nitrogens with zero attached hydrogens (tertiary/aromatic N) is 3. The predicted molar refractivity (Wildman–Crippen MR) is 101 cm³/mol. The van der Waals surface area contributed by atoms with Crippen LogP contribution in [0.25, 0.3) is 0 Å². The van der Waals surface area contributed by atoms with Gasteiger partial charge in [0.1, 0.15) is 9.88 Å². The smallest absolute Gasteiger partial charge is 0.347 e. The van der Waals surface area contributed by atoms with E-state index < -0.39 is 5.97 Å². The Morgan fingerprint density at radius 3 is 2.48 bits per heavy atom. The summed E-state index contributed by atoms with van der Waals surface area (Å²) in [7, 11) is 0. The second-order valence-corrected chi connectivity index (χ2v) is 8.29. The number of nitrogens with one attached hydrogen (secondary N) is 1. The predicted octanol–water partition coefficient (Wildman–Crippen LogP) is 2.25. The fourth-order valence-corrected chi connectivity index (χ4v) is 4.58. The van der Waals surface area contributed by atoms with E-state index in [9.17, 15) is 14.4 Å². The van der Waals surface area contributed by atoms with Gasteiger partial charge in [-0.25, -0.2) is 14.6 Å². The van der Waals surface area contributed by atoms with Crippen molar-refractivity contribution in [2.45, 2.75) is 45.6 Å². The Labute approximate surface area is 162 Å². The molecule has 2 saturated heterocycles. The average Bonchev–Trinajstić information content (AvgIpc) is 3.30. The molecule has 3 rings (SSSR count). The Bertz CT molecular complexity index is 729. The van der Waals surface area contributed by atoms with Crippen LogP contribution in [0.1, 0.15) is 59.0 Å². The molecule has 2 unspecified atom stereocenters. The molecule has 0 saturated carbocycles. The monoisotopic (exact) mass is 394 g/mol. The molecule has 2 N–H and O–H groups in total. The summed E-state index contributed by atoms with van der Waals surface area (Å²) in [5, 5.41) is 12.7. The molecule has 1 aromatic heterocycles. The van der Waals surface area contributed by atoms with Gasteiger partial charge in [0.15, 0.2) is 0 Å². The zero-order valence-electron chi connectivity index (χ0n) is 15.7. The zero-order valence-corrected chi connectivity index (χ0v) is 16.5. The first kappa shape index (κ1) is 19.6. The number of aryl methyl sites for hydroxylation is 1. The first-order chi connectivity index (χ1) is 12.9. The third kappa shape index (κ3) is 4.40. The van der Waals surface area contributed by atoms with Gasteiger partial charge in [-0.2, -0.15) is 0 Å². The van der Waals surface area contributed by atoms with Crippen molar-refractivity contribution in [3.63, 3.8) is 0 Å². The Morgan fingerprint density at radius 2 is 1.85 bits per heavy atom. The lowest BCUT2D eigenvalue weighted by Gasteiger charge is -2.35. The lowest BCUT2D eigenvalue weighted by atomic mass is 9.97. The number of carboxylic acids is 1. The molecule has 2 aliphatic rings. The number of hydrogen-bond acceptors (Lipinski definition) is 5. The summed E-state index contributed by atoms with van der Waals surface area (Å²) < 4.78 is 0. The minimum Gasteiger partial charge on any atom is -0.477 e. The molecule has 1 aromatic rings. The zero-order chi connectivity index (χ0) is 19.6. The summed E-state index contributed by atoms with van der Waals surface area (Å²) in [6.45, 7) is 6.20.